The van der Waals surface area contributed by atoms with Gasteiger partial charge in [-0.1, -0.05) is 0 Å². The fourth-order valence-electron chi connectivity index (χ4n) is 4.12. The second kappa shape index (κ2) is 9.81. The number of pyridine rings is 1. The number of rotatable bonds is 7. The van der Waals surface area contributed by atoms with Gasteiger partial charge in [0.1, 0.15) is 18.7 Å². The van der Waals surface area contributed by atoms with Gasteiger partial charge in [0.2, 0.25) is 0 Å². The van der Waals surface area contributed by atoms with Gasteiger partial charge < -0.3 is 19.7 Å². The molecule has 2 aliphatic rings. The minimum Gasteiger partial charge on any atom is -0.406 e. The van der Waals surface area contributed by atoms with Crippen LogP contribution in [0.15, 0.2) is 42.9 Å². The van der Waals surface area contributed by atoms with E-state index in [-0.39, 0.29) is 24.0 Å². The molecule has 10 nitrogen and oxygen atoms in total. The summed E-state index contributed by atoms with van der Waals surface area (Å²) < 4.78 is 49.1. The van der Waals surface area contributed by atoms with E-state index in [0.29, 0.717) is 36.0 Å². The zero-order valence-corrected chi connectivity index (χ0v) is 19.7. The predicted octanol–water partition coefficient (Wildman–Crippen LogP) is 3.29. The van der Waals surface area contributed by atoms with Crippen LogP contribution in [0.5, 0.6) is 5.75 Å². The molecule has 0 radical (unpaired) electrons. The van der Waals surface area contributed by atoms with Crippen LogP contribution in [-0.4, -0.2) is 57.7 Å². The smallest absolute Gasteiger partial charge is 0.406 e. The molecule has 13 heteroatoms. The number of nitrogens with one attached hydrogen (secondary N) is 1. The fraction of sp³-hybridized carbons (Fsp3) is 0.375. The molecule has 2 aromatic heterocycles. The number of morpholine rings is 1. The summed E-state index contributed by atoms with van der Waals surface area (Å²) >= 11 is 0. The van der Waals surface area contributed by atoms with Crippen molar-refractivity contribution in [1.82, 2.24) is 25.1 Å². The maximum atomic E-state index is 13.0. The van der Waals surface area contributed by atoms with Crippen LogP contribution in [-0.2, 0) is 9.53 Å². The summed E-state index contributed by atoms with van der Waals surface area (Å²) in [6, 6.07) is 6.72. The lowest BCUT2D eigenvalue weighted by molar-refractivity contribution is -0.274. The highest BCUT2D eigenvalue weighted by molar-refractivity contribution is 5.95. The van der Waals surface area contributed by atoms with Crippen molar-refractivity contribution in [2.45, 2.75) is 38.1 Å². The molecule has 5 rings (SSSR count). The molecular weight excluding hydrogens is 493 g/mol. The normalized spacial score (nSPS) is 17.0. The van der Waals surface area contributed by atoms with Crippen LogP contribution in [0.3, 0.4) is 0 Å². The third-order valence-corrected chi connectivity index (χ3v) is 6.03. The zero-order chi connectivity index (χ0) is 26.2. The molecule has 1 N–H and O–H groups in total. The first-order chi connectivity index (χ1) is 17.7. The Hall–Kier alpha value is -4.00. The van der Waals surface area contributed by atoms with Crippen LogP contribution >= 0.6 is 0 Å². The molecule has 0 bridgehead atoms. The third-order valence-electron chi connectivity index (χ3n) is 6.03. The summed E-state index contributed by atoms with van der Waals surface area (Å²) in [7, 11) is 0. The molecule has 1 saturated carbocycles. The van der Waals surface area contributed by atoms with Crippen LogP contribution in [0.25, 0.3) is 5.82 Å². The van der Waals surface area contributed by atoms with E-state index in [9.17, 15) is 22.8 Å². The molecule has 0 spiro atoms. The van der Waals surface area contributed by atoms with E-state index in [1.165, 1.54) is 17.1 Å². The quantitative estimate of drug-likeness (QED) is 0.513. The number of anilines is 1. The Bertz CT molecular complexity index is 1310. The maximum absolute atomic E-state index is 13.0. The van der Waals surface area contributed by atoms with Crippen LogP contribution in [0.2, 0.25) is 0 Å². The fourth-order valence-corrected chi connectivity index (χ4v) is 4.12. The molecule has 1 aromatic carbocycles. The highest BCUT2D eigenvalue weighted by atomic mass is 19.4. The lowest BCUT2D eigenvalue weighted by atomic mass is 10.1. The van der Waals surface area contributed by atoms with Crippen LogP contribution < -0.4 is 15.0 Å². The van der Waals surface area contributed by atoms with E-state index in [2.05, 4.69) is 25.1 Å². The predicted molar refractivity (Wildman–Crippen MR) is 123 cm³/mol. The molecule has 1 aliphatic carbocycles. The van der Waals surface area contributed by atoms with Crippen molar-refractivity contribution in [3.05, 3.63) is 59.8 Å². The van der Waals surface area contributed by atoms with Gasteiger partial charge in [0.15, 0.2) is 11.6 Å². The van der Waals surface area contributed by atoms with Crippen molar-refractivity contribution in [2.75, 3.05) is 24.7 Å². The summed E-state index contributed by atoms with van der Waals surface area (Å²) in [6.07, 6.45) is -0.318. The van der Waals surface area contributed by atoms with E-state index in [1.807, 2.05) is 0 Å². The molecule has 1 atom stereocenters. The lowest BCUT2D eigenvalue weighted by Gasteiger charge is -2.26. The van der Waals surface area contributed by atoms with E-state index in [0.717, 1.165) is 18.9 Å². The van der Waals surface area contributed by atoms with Gasteiger partial charge >= 0.3 is 6.36 Å². The van der Waals surface area contributed by atoms with E-state index in [4.69, 9.17) is 4.74 Å². The maximum Gasteiger partial charge on any atom is 0.573 e. The minimum atomic E-state index is -4.86. The van der Waals surface area contributed by atoms with Gasteiger partial charge in [0.05, 0.1) is 24.5 Å². The van der Waals surface area contributed by atoms with Crippen molar-refractivity contribution in [1.29, 1.82) is 0 Å². The molecule has 194 valence electrons. The van der Waals surface area contributed by atoms with Crippen molar-refractivity contribution in [3.8, 4) is 11.6 Å². The number of hydrogen-bond acceptors (Lipinski definition) is 7. The molecule has 0 unspecified atom stereocenters. The van der Waals surface area contributed by atoms with Crippen LogP contribution in [0.4, 0.5) is 18.9 Å². The van der Waals surface area contributed by atoms with E-state index < -0.39 is 24.1 Å². The van der Waals surface area contributed by atoms with Gasteiger partial charge in [0.25, 0.3) is 11.8 Å². The van der Waals surface area contributed by atoms with Crippen LogP contribution in [0, 0.1) is 0 Å². The largest absolute Gasteiger partial charge is 0.573 e. The summed E-state index contributed by atoms with van der Waals surface area (Å²) in [6.45, 7) is 2.55. The molecule has 1 aliphatic heterocycles. The Morgan fingerprint density at radius 3 is 2.70 bits per heavy atom. The average Bonchev–Trinajstić information content (AvgIpc) is 3.59. The number of aromatic nitrogens is 4. The Labute approximate surface area is 209 Å². The first-order valence-corrected chi connectivity index (χ1v) is 11.6. The topological polar surface area (TPSA) is 111 Å². The standard InChI is InChI=1S/C24H23F3N6O4/c1-14(31-23(35)17-8-16(15-2-3-15)9-19(10-17)37-24(25,26)27)22-29-13-30-33(22)20-5-4-18(11-28-20)32-6-7-36-12-21(32)34/h4-5,8-11,13-15H,2-3,6-7,12H2,1H3,(H,31,35)/t14-/m0/s1. The van der Waals surface area contributed by atoms with E-state index in [1.54, 1.807) is 36.2 Å². The van der Waals surface area contributed by atoms with Crippen molar-refractivity contribution >= 4 is 17.5 Å². The Morgan fingerprint density at radius 2 is 2.03 bits per heavy atom. The molecular formula is C24H23F3N6O4. The van der Waals surface area contributed by atoms with Gasteiger partial charge in [-0.15, -0.1) is 13.2 Å². The van der Waals surface area contributed by atoms with Gasteiger partial charge in [0, 0.05) is 12.1 Å². The molecule has 37 heavy (non-hydrogen) atoms. The number of nitrogens with zero attached hydrogens (tertiary/aromatic N) is 5. The Balaban J connectivity index is 1.33. The number of halogens is 3. The number of benzene rings is 1. The minimum absolute atomic E-state index is 0.0135. The van der Waals surface area contributed by atoms with E-state index >= 15 is 0 Å². The second-order valence-corrected chi connectivity index (χ2v) is 8.81. The summed E-state index contributed by atoms with van der Waals surface area (Å²) in [5, 5.41) is 6.95. The Kier molecular flexibility index (Phi) is 6.54. The van der Waals surface area contributed by atoms with Crippen molar-refractivity contribution < 1.29 is 32.2 Å². The zero-order valence-electron chi connectivity index (χ0n) is 19.7. The number of hydrogen-bond donors (Lipinski definition) is 1. The first-order valence-electron chi connectivity index (χ1n) is 11.6. The number of carbonyl (C=O) groups excluding carboxylic acids is 2. The molecule has 3 aromatic rings. The van der Waals surface area contributed by atoms with Crippen LogP contribution in [0.1, 0.15) is 53.5 Å². The lowest BCUT2D eigenvalue weighted by Crippen LogP contribution is -2.41. The van der Waals surface area contributed by atoms with Gasteiger partial charge in [-0.25, -0.2) is 9.97 Å². The number of alkyl halides is 3. The summed E-state index contributed by atoms with van der Waals surface area (Å²) in [4.78, 5) is 35.3. The van der Waals surface area contributed by atoms with Gasteiger partial charge in [-0.05, 0) is 61.6 Å². The molecule has 1 saturated heterocycles. The third kappa shape index (κ3) is 5.71. The highest BCUT2D eigenvalue weighted by Gasteiger charge is 2.33. The van der Waals surface area contributed by atoms with Gasteiger partial charge in [-0.3, -0.25) is 9.59 Å². The van der Waals surface area contributed by atoms with Gasteiger partial charge in [-0.2, -0.15) is 9.78 Å². The van der Waals surface area contributed by atoms with Crippen molar-refractivity contribution in [2.24, 2.45) is 0 Å². The summed E-state index contributed by atoms with van der Waals surface area (Å²) in [5.74, 6) is -0.277. The number of carbonyl (C=O) groups is 2. The Morgan fingerprint density at radius 1 is 1.22 bits per heavy atom. The summed E-state index contributed by atoms with van der Waals surface area (Å²) in [5.41, 5.74) is 1.30. The average molecular weight is 516 g/mol. The number of ether oxygens (including phenoxy) is 2. The van der Waals surface area contributed by atoms with Crippen molar-refractivity contribution in [3.63, 3.8) is 0 Å². The molecule has 3 heterocycles. The highest BCUT2D eigenvalue weighted by Crippen LogP contribution is 2.42. The molecule has 2 amide bonds. The molecule has 2 fully saturated rings. The monoisotopic (exact) mass is 516 g/mol. The number of amides is 2. The first kappa shape index (κ1) is 24.7. The second-order valence-electron chi connectivity index (χ2n) is 8.81. The SMILES string of the molecule is C[C@H](NC(=O)c1cc(OC(F)(F)F)cc(C2CC2)c1)c1ncnn1-c1ccc(N2CCOCC2=O)cn1.